The van der Waals surface area contributed by atoms with E-state index in [1.54, 1.807) is 60.3 Å². The highest BCUT2D eigenvalue weighted by atomic mass is 127. The maximum atomic E-state index is 12.1. The summed E-state index contributed by atoms with van der Waals surface area (Å²) in [6.07, 6.45) is 9.02. The molecule has 0 bridgehead atoms. The van der Waals surface area contributed by atoms with Crippen molar-refractivity contribution in [3.63, 3.8) is 0 Å². The molecule has 0 amide bonds. The molecule has 4 heterocycles. The predicted molar refractivity (Wildman–Crippen MR) is 176 cm³/mol. The smallest absolute Gasteiger partial charge is 0.406 e. The summed E-state index contributed by atoms with van der Waals surface area (Å²) in [6.45, 7) is 0. The van der Waals surface area contributed by atoms with E-state index in [-0.39, 0.29) is 11.5 Å². The lowest BCUT2D eigenvalue weighted by molar-refractivity contribution is -0.275. The van der Waals surface area contributed by atoms with E-state index in [4.69, 9.17) is 6.42 Å². The number of alkyl halides is 6. The molecule has 6 aromatic rings. The quantitative estimate of drug-likeness (QED) is 0.102. The third-order valence-corrected chi connectivity index (χ3v) is 6.20. The second kappa shape index (κ2) is 16.8. The van der Waals surface area contributed by atoms with Crippen molar-refractivity contribution in [2.75, 3.05) is 0 Å². The SMILES string of the molecule is C#Cc1cccnc1.FC(F)(F)Oc1ccc(-n2cc(C#Cc3cccnc3)cn2)cc1.FC(F)(F)Oc1ccc(-n2cc(I)cn2)cc1. The molecule has 248 valence electrons. The van der Waals surface area contributed by atoms with Crippen LogP contribution in [0.25, 0.3) is 11.4 Å². The zero-order valence-electron chi connectivity index (χ0n) is 24.8. The minimum absolute atomic E-state index is 0.247. The Morgan fingerprint density at radius 2 is 1.06 bits per heavy atom. The molecule has 0 aliphatic carbocycles. The highest BCUT2D eigenvalue weighted by Crippen LogP contribution is 2.25. The lowest BCUT2D eigenvalue weighted by atomic mass is 10.2. The summed E-state index contributed by atoms with van der Waals surface area (Å²) < 4.78 is 83.8. The molecule has 0 radical (unpaired) electrons. The molecule has 0 N–H and O–H groups in total. The summed E-state index contributed by atoms with van der Waals surface area (Å²) in [5.41, 5.74) is 3.54. The average molecular weight is 786 g/mol. The third-order valence-electron chi connectivity index (χ3n) is 5.64. The average Bonchev–Trinajstić information content (AvgIpc) is 3.74. The van der Waals surface area contributed by atoms with Crippen molar-refractivity contribution in [3.05, 3.63) is 143 Å². The van der Waals surface area contributed by atoms with E-state index >= 15 is 0 Å². The Hall–Kier alpha value is -5.81. The summed E-state index contributed by atoms with van der Waals surface area (Å²) in [5, 5.41) is 8.17. The molecule has 0 aliphatic heterocycles. The number of terminal acetylenes is 1. The van der Waals surface area contributed by atoms with Gasteiger partial charge in [-0.1, -0.05) is 17.8 Å². The van der Waals surface area contributed by atoms with Crippen LogP contribution in [-0.4, -0.2) is 42.3 Å². The highest BCUT2D eigenvalue weighted by molar-refractivity contribution is 14.1. The van der Waals surface area contributed by atoms with Gasteiger partial charge in [0.05, 0.1) is 32.9 Å². The number of aromatic nitrogens is 6. The Bertz CT molecular complexity index is 2010. The van der Waals surface area contributed by atoms with E-state index in [1.165, 1.54) is 53.2 Å². The highest BCUT2D eigenvalue weighted by Gasteiger charge is 2.31. The van der Waals surface area contributed by atoms with E-state index < -0.39 is 12.7 Å². The summed E-state index contributed by atoms with van der Waals surface area (Å²) in [6, 6.07) is 18.2. The number of hydrogen-bond acceptors (Lipinski definition) is 6. The van der Waals surface area contributed by atoms with Crippen LogP contribution in [0.5, 0.6) is 11.5 Å². The molecule has 8 nitrogen and oxygen atoms in total. The molecule has 15 heteroatoms. The Kier molecular flexibility index (Phi) is 12.4. The lowest BCUT2D eigenvalue weighted by Gasteiger charge is -2.09. The molecule has 4 aromatic heterocycles. The molecule has 49 heavy (non-hydrogen) atoms. The molecular formula is C34H21F6IN6O2. The van der Waals surface area contributed by atoms with E-state index in [0.29, 0.717) is 16.9 Å². The number of ether oxygens (including phenoxy) is 2. The molecule has 0 unspecified atom stereocenters. The second-order valence-corrected chi connectivity index (χ2v) is 10.5. The Morgan fingerprint density at radius 1 is 0.592 bits per heavy atom. The summed E-state index contributed by atoms with van der Waals surface area (Å²) in [7, 11) is 0. The van der Waals surface area contributed by atoms with Gasteiger partial charge >= 0.3 is 12.7 Å². The minimum atomic E-state index is -4.71. The first-order chi connectivity index (χ1) is 23.4. The van der Waals surface area contributed by atoms with Crippen molar-refractivity contribution in [2.45, 2.75) is 12.7 Å². The van der Waals surface area contributed by atoms with Crippen LogP contribution in [0.2, 0.25) is 0 Å². The zero-order chi connectivity index (χ0) is 35.3. The zero-order valence-corrected chi connectivity index (χ0v) is 26.9. The first kappa shape index (κ1) is 36.0. The van der Waals surface area contributed by atoms with E-state index in [1.807, 2.05) is 18.2 Å². The Morgan fingerprint density at radius 3 is 1.47 bits per heavy atom. The maximum absolute atomic E-state index is 12.1. The van der Waals surface area contributed by atoms with Crippen molar-refractivity contribution in [3.8, 4) is 47.1 Å². The Labute approximate surface area is 289 Å². The number of halogens is 7. The van der Waals surface area contributed by atoms with Gasteiger partial charge in [0.2, 0.25) is 0 Å². The van der Waals surface area contributed by atoms with Crippen LogP contribution in [0, 0.1) is 27.8 Å². The monoisotopic (exact) mass is 786 g/mol. The largest absolute Gasteiger partial charge is 0.573 e. The van der Waals surface area contributed by atoms with Gasteiger partial charge in [-0.2, -0.15) is 10.2 Å². The van der Waals surface area contributed by atoms with Crippen molar-refractivity contribution < 1.29 is 35.8 Å². The van der Waals surface area contributed by atoms with Crippen LogP contribution in [-0.2, 0) is 0 Å². The molecule has 0 spiro atoms. The first-order valence-corrected chi connectivity index (χ1v) is 14.7. The van der Waals surface area contributed by atoms with Gasteiger partial charge < -0.3 is 9.47 Å². The normalized spacial score (nSPS) is 10.6. The molecule has 0 fully saturated rings. The number of hydrogen-bond donors (Lipinski definition) is 0. The Balaban J connectivity index is 0.000000187. The topological polar surface area (TPSA) is 79.9 Å². The van der Waals surface area contributed by atoms with Crippen molar-refractivity contribution >= 4 is 22.6 Å². The fraction of sp³-hybridized carbons (Fsp3) is 0.0588. The van der Waals surface area contributed by atoms with Crippen molar-refractivity contribution in [1.29, 1.82) is 0 Å². The minimum Gasteiger partial charge on any atom is -0.406 e. The van der Waals surface area contributed by atoms with Crippen LogP contribution in [0.3, 0.4) is 0 Å². The fourth-order valence-electron chi connectivity index (χ4n) is 3.60. The van der Waals surface area contributed by atoms with Gasteiger partial charge in [-0.05, 0) is 95.4 Å². The maximum Gasteiger partial charge on any atom is 0.573 e. The molecule has 2 aromatic carbocycles. The van der Waals surface area contributed by atoms with E-state index in [2.05, 4.69) is 70.0 Å². The molecule has 0 saturated heterocycles. The van der Waals surface area contributed by atoms with E-state index in [0.717, 1.165) is 14.7 Å². The van der Waals surface area contributed by atoms with Gasteiger partial charge in [-0.15, -0.1) is 32.8 Å². The number of benzene rings is 2. The second-order valence-electron chi connectivity index (χ2n) is 9.24. The van der Waals surface area contributed by atoms with Crippen LogP contribution in [0.15, 0.2) is 122 Å². The standard InChI is InChI=1S/C17H10F3N3O.C10H6F3IN2O.C7H5N/c18-17(19,20)24-16-7-5-15(6-8-16)23-12-14(11-22-23)4-3-13-2-1-9-21-10-13;11-10(12,13)17-9-3-1-8(2-4-9)16-6-7(14)5-15-16;1-2-7-4-3-5-8-6-7/h1-2,5-12H;1-6H;1,3-6H. The molecule has 0 atom stereocenters. The van der Waals surface area contributed by atoms with Crippen LogP contribution >= 0.6 is 22.6 Å². The van der Waals surface area contributed by atoms with Crippen molar-refractivity contribution in [2.24, 2.45) is 0 Å². The van der Waals surface area contributed by atoms with Gasteiger partial charge in [0.15, 0.2) is 0 Å². The number of pyridine rings is 2. The molecular weight excluding hydrogens is 765 g/mol. The van der Waals surface area contributed by atoms with Gasteiger partial charge in [0.1, 0.15) is 11.5 Å². The lowest BCUT2D eigenvalue weighted by Crippen LogP contribution is -2.17. The van der Waals surface area contributed by atoms with Gasteiger partial charge in [0.25, 0.3) is 0 Å². The first-order valence-electron chi connectivity index (χ1n) is 13.6. The third kappa shape index (κ3) is 12.7. The number of nitrogens with zero attached hydrogens (tertiary/aromatic N) is 6. The van der Waals surface area contributed by atoms with Gasteiger partial charge in [-0.25, -0.2) is 9.36 Å². The van der Waals surface area contributed by atoms with Crippen molar-refractivity contribution in [1.82, 2.24) is 29.5 Å². The van der Waals surface area contributed by atoms with Gasteiger partial charge in [0, 0.05) is 48.3 Å². The summed E-state index contributed by atoms with van der Waals surface area (Å²) in [4.78, 5) is 7.78. The fourth-order valence-corrected chi connectivity index (χ4v) is 3.99. The van der Waals surface area contributed by atoms with Crippen LogP contribution < -0.4 is 9.47 Å². The van der Waals surface area contributed by atoms with Crippen LogP contribution in [0.4, 0.5) is 26.3 Å². The predicted octanol–water partition coefficient (Wildman–Crippen LogP) is 8.00. The van der Waals surface area contributed by atoms with Gasteiger partial charge in [-0.3, -0.25) is 9.97 Å². The molecule has 0 saturated carbocycles. The summed E-state index contributed by atoms with van der Waals surface area (Å²) in [5.74, 6) is 7.83. The molecule has 6 rings (SSSR count). The molecule has 0 aliphatic rings. The van der Waals surface area contributed by atoms with E-state index in [9.17, 15) is 26.3 Å². The number of rotatable bonds is 4. The summed E-state index contributed by atoms with van der Waals surface area (Å²) >= 11 is 2.10. The van der Waals surface area contributed by atoms with Crippen LogP contribution in [0.1, 0.15) is 16.7 Å².